The number of nitrogens with one attached hydrogen (secondary N) is 1. The number of hydrogen-bond acceptors (Lipinski definition) is 1. The Bertz CT molecular complexity index is 410. The molecule has 0 aliphatic carbocycles. The largest absolute Gasteiger partial charge is 0.417 e. The highest BCUT2D eigenvalue weighted by Gasteiger charge is 2.38. The maximum atomic E-state index is 12.6. The minimum Gasteiger partial charge on any atom is -0.315 e. The van der Waals surface area contributed by atoms with E-state index in [-0.39, 0.29) is 10.4 Å². The van der Waals surface area contributed by atoms with Gasteiger partial charge in [0.05, 0.1) is 10.6 Å². The molecule has 0 unspecified atom stereocenters. The van der Waals surface area contributed by atoms with Crippen LogP contribution in [0.15, 0.2) is 18.2 Å². The predicted octanol–water partition coefficient (Wildman–Crippen LogP) is 3.22. The molecule has 5 heteroatoms. The van der Waals surface area contributed by atoms with Gasteiger partial charge in [-0.3, -0.25) is 0 Å². The first-order valence-corrected chi connectivity index (χ1v) is 5.29. The Hall–Kier alpha value is -0.740. The van der Waals surface area contributed by atoms with Crippen molar-refractivity contribution in [3.05, 3.63) is 34.3 Å². The first kappa shape index (κ1) is 11.7. The lowest BCUT2D eigenvalue weighted by Crippen LogP contribution is -2.54. The summed E-state index contributed by atoms with van der Waals surface area (Å²) in [5, 5.41) is 2.82. The van der Waals surface area contributed by atoms with E-state index >= 15 is 0 Å². The molecule has 2 rings (SSSR count). The number of halogens is 4. The molecule has 0 aromatic heterocycles. The normalized spacial score (nSPS) is 19.3. The fraction of sp³-hybridized carbons (Fsp3) is 0.455. The number of alkyl halides is 3. The van der Waals surface area contributed by atoms with E-state index in [4.69, 9.17) is 11.6 Å². The Morgan fingerprint density at radius 1 is 1.31 bits per heavy atom. The molecule has 1 nitrogen and oxygen atoms in total. The van der Waals surface area contributed by atoms with Crippen LogP contribution < -0.4 is 5.32 Å². The minimum absolute atomic E-state index is 0.204. The van der Waals surface area contributed by atoms with E-state index < -0.39 is 11.7 Å². The second-order valence-corrected chi connectivity index (χ2v) is 4.76. The van der Waals surface area contributed by atoms with Gasteiger partial charge in [-0.2, -0.15) is 13.2 Å². The molecule has 0 atom stereocenters. The lowest BCUT2D eigenvalue weighted by atomic mass is 9.77. The van der Waals surface area contributed by atoms with Crippen LogP contribution in [0.3, 0.4) is 0 Å². The average molecular weight is 250 g/mol. The van der Waals surface area contributed by atoms with Crippen LogP contribution in [0.1, 0.15) is 18.1 Å². The number of hydrogen-bond donors (Lipinski definition) is 1. The maximum absolute atomic E-state index is 12.6. The molecule has 0 radical (unpaired) electrons. The Labute approximate surface area is 96.6 Å². The molecule has 1 fully saturated rings. The van der Waals surface area contributed by atoms with Crippen molar-refractivity contribution in [2.24, 2.45) is 0 Å². The molecule has 88 valence electrons. The van der Waals surface area contributed by atoms with E-state index in [0.717, 1.165) is 6.07 Å². The highest BCUT2D eigenvalue weighted by Crippen LogP contribution is 2.38. The third-order valence-electron chi connectivity index (χ3n) is 3.00. The van der Waals surface area contributed by atoms with Crippen LogP contribution in [-0.2, 0) is 11.6 Å². The summed E-state index contributed by atoms with van der Waals surface area (Å²) >= 11 is 5.56. The highest BCUT2D eigenvalue weighted by atomic mass is 35.5. The fourth-order valence-electron chi connectivity index (χ4n) is 1.82. The van der Waals surface area contributed by atoms with Crippen LogP contribution in [0.25, 0.3) is 0 Å². The van der Waals surface area contributed by atoms with Crippen LogP contribution in [0.2, 0.25) is 5.02 Å². The summed E-state index contributed by atoms with van der Waals surface area (Å²) in [6, 6.07) is 4.14. The van der Waals surface area contributed by atoms with Crippen molar-refractivity contribution in [2.75, 3.05) is 13.1 Å². The van der Waals surface area contributed by atoms with Crippen molar-refractivity contribution in [3.63, 3.8) is 0 Å². The van der Waals surface area contributed by atoms with Crippen molar-refractivity contribution in [2.45, 2.75) is 18.5 Å². The molecule has 1 heterocycles. The molecule has 1 aliphatic heterocycles. The average Bonchev–Trinajstić information content (AvgIpc) is 2.13. The monoisotopic (exact) mass is 249 g/mol. The van der Waals surface area contributed by atoms with Crippen LogP contribution in [0.4, 0.5) is 13.2 Å². The lowest BCUT2D eigenvalue weighted by Gasteiger charge is -2.40. The van der Waals surface area contributed by atoms with Gasteiger partial charge in [-0.25, -0.2) is 0 Å². The summed E-state index contributed by atoms with van der Waals surface area (Å²) in [6.45, 7) is 3.34. The van der Waals surface area contributed by atoms with Crippen molar-refractivity contribution < 1.29 is 13.2 Å². The molecular formula is C11H11ClF3N. The summed E-state index contributed by atoms with van der Waals surface area (Å²) in [5.74, 6) is 0. The molecule has 0 bridgehead atoms. The van der Waals surface area contributed by atoms with Crippen LogP contribution in [-0.4, -0.2) is 13.1 Å². The van der Waals surface area contributed by atoms with Gasteiger partial charge in [0, 0.05) is 18.5 Å². The zero-order chi connectivity index (χ0) is 12.0. The van der Waals surface area contributed by atoms with E-state index in [1.807, 2.05) is 6.92 Å². The van der Waals surface area contributed by atoms with Gasteiger partial charge in [0.25, 0.3) is 0 Å². The zero-order valence-electron chi connectivity index (χ0n) is 8.66. The van der Waals surface area contributed by atoms with Gasteiger partial charge in [-0.1, -0.05) is 24.6 Å². The van der Waals surface area contributed by atoms with Gasteiger partial charge in [0.2, 0.25) is 0 Å². The SMILES string of the molecule is CC1(c2ccc(Cl)c(C(F)(F)F)c2)CNC1. The molecule has 1 aromatic rings. The lowest BCUT2D eigenvalue weighted by molar-refractivity contribution is -0.137. The zero-order valence-corrected chi connectivity index (χ0v) is 9.41. The van der Waals surface area contributed by atoms with Crippen LogP contribution in [0.5, 0.6) is 0 Å². The summed E-state index contributed by atoms with van der Waals surface area (Å²) in [7, 11) is 0. The van der Waals surface area contributed by atoms with E-state index in [2.05, 4.69) is 5.32 Å². The van der Waals surface area contributed by atoms with Gasteiger partial charge in [0.1, 0.15) is 0 Å². The summed E-state index contributed by atoms with van der Waals surface area (Å²) < 4.78 is 37.9. The van der Waals surface area contributed by atoms with Crippen molar-refractivity contribution in [1.29, 1.82) is 0 Å². The van der Waals surface area contributed by atoms with E-state index in [1.165, 1.54) is 6.07 Å². The van der Waals surface area contributed by atoms with E-state index in [1.54, 1.807) is 6.07 Å². The molecular weight excluding hydrogens is 239 g/mol. The molecule has 16 heavy (non-hydrogen) atoms. The molecule has 0 spiro atoms. The fourth-order valence-corrected chi connectivity index (χ4v) is 2.05. The Morgan fingerprint density at radius 3 is 2.38 bits per heavy atom. The standard InChI is InChI=1S/C11H11ClF3N/c1-10(5-16-6-10)7-2-3-9(12)8(4-7)11(13,14)15/h2-4,16H,5-6H2,1H3. The van der Waals surface area contributed by atoms with Gasteiger partial charge in [-0.05, 0) is 17.7 Å². The van der Waals surface area contributed by atoms with Crippen molar-refractivity contribution in [3.8, 4) is 0 Å². The van der Waals surface area contributed by atoms with Gasteiger partial charge in [-0.15, -0.1) is 0 Å². The molecule has 0 saturated carbocycles. The third kappa shape index (κ3) is 1.92. The first-order chi connectivity index (χ1) is 7.33. The van der Waals surface area contributed by atoms with Crippen molar-refractivity contribution >= 4 is 11.6 Å². The Morgan fingerprint density at radius 2 is 1.94 bits per heavy atom. The predicted molar refractivity (Wildman–Crippen MR) is 56.7 cm³/mol. The maximum Gasteiger partial charge on any atom is 0.417 e. The van der Waals surface area contributed by atoms with Gasteiger partial charge >= 0.3 is 6.18 Å². The molecule has 1 aromatic carbocycles. The quantitative estimate of drug-likeness (QED) is 0.806. The smallest absolute Gasteiger partial charge is 0.315 e. The van der Waals surface area contributed by atoms with Gasteiger partial charge in [0.15, 0.2) is 0 Å². The number of benzene rings is 1. The van der Waals surface area contributed by atoms with Crippen molar-refractivity contribution in [1.82, 2.24) is 5.32 Å². The first-order valence-electron chi connectivity index (χ1n) is 4.91. The minimum atomic E-state index is -4.39. The Balaban J connectivity index is 2.43. The molecule has 1 saturated heterocycles. The summed E-state index contributed by atoms with van der Waals surface area (Å²) in [5.41, 5.74) is -0.271. The third-order valence-corrected chi connectivity index (χ3v) is 3.33. The molecule has 0 amide bonds. The van der Waals surface area contributed by atoms with E-state index in [0.29, 0.717) is 18.7 Å². The van der Waals surface area contributed by atoms with Crippen LogP contribution in [0, 0.1) is 0 Å². The second kappa shape index (κ2) is 3.64. The Kier molecular flexibility index (Phi) is 2.67. The number of rotatable bonds is 1. The topological polar surface area (TPSA) is 12.0 Å². The molecule has 1 aliphatic rings. The molecule has 1 N–H and O–H groups in total. The van der Waals surface area contributed by atoms with Crippen LogP contribution >= 0.6 is 11.6 Å². The second-order valence-electron chi connectivity index (χ2n) is 4.36. The summed E-state index contributed by atoms with van der Waals surface area (Å²) in [4.78, 5) is 0. The summed E-state index contributed by atoms with van der Waals surface area (Å²) in [6.07, 6.45) is -4.39. The van der Waals surface area contributed by atoms with E-state index in [9.17, 15) is 13.2 Å². The highest BCUT2D eigenvalue weighted by molar-refractivity contribution is 6.31. The van der Waals surface area contributed by atoms with Gasteiger partial charge < -0.3 is 5.32 Å².